The van der Waals surface area contributed by atoms with Gasteiger partial charge in [0.2, 0.25) is 0 Å². The molecule has 0 aliphatic carbocycles. The fourth-order valence-electron chi connectivity index (χ4n) is 4.15. The van der Waals surface area contributed by atoms with Crippen LogP contribution in [-0.2, 0) is 13.9 Å². The Kier molecular flexibility index (Phi) is 9.73. The molecule has 0 N–H and O–H groups in total. The summed E-state index contributed by atoms with van der Waals surface area (Å²) in [5, 5.41) is 2.22. The zero-order valence-electron chi connectivity index (χ0n) is 20.2. The zero-order valence-corrected chi connectivity index (χ0v) is 21.2. The third-order valence-electron chi connectivity index (χ3n) is 5.68. The van der Waals surface area contributed by atoms with Crippen molar-refractivity contribution in [3.05, 3.63) is 73.3 Å². The molecule has 0 spiro atoms. The number of carbonyl (C=O) groups excluding carboxylic acids is 1. The molecule has 0 radical (unpaired) electrons. The van der Waals surface area contributed by atoms with Gasteiger partial charge in [0.25, 0.3) is 8.32 Å². The number of carbonyl (C=O) groups is 1. The van der Waals surface area contributed by atoms with E-state index in [2.05, 4.69) is 82.8 Å². The van der Waals surface area contributed by atoms with Crippen LogP contribution in [0.3, 0.4) is 0 Å². The van der Waals surface area contributed by atoms with E-state index in [9.17, 15) is 4.79 Å². The second-order valence-corrected chi connectivity index (χ2v) is 13.2. The van der Waals surface area contributed by atoms with Crippen LogP contribution < -0.4 is 10.4 Å². The molecule has 0 aliphatic heterocycles. The highest BCUT2D eigenvalue weighted by molar-refractivity contribution is 6.99. The Morgan fingerprint density at radius 1 is 1.00 bits per heavy atom. The standard InChI is InChI=1S/C27H38O4Si/c1-7-10-21-25(24(8-2)30-26(28)29-9-3)31-32(27(4,5)6,22-17-13-11-14-18-22)23-19-15-12-16-20-23/h8,11-20,24-25H,2,7,9-10,21H2,1,3-6H3/t24?,25-/m0/s1. The predicted molar refractivity (Wildman–Crippen MR) is 134 cm³/mol. The molecule has 0 saturated heterocycles. The van der Waals surface area contributed by atoms with Crippen LogP contribution in [0, 0.1) is 0 Å². The highest BCUT2D eigenvalue weighted by Gasteiger charge is 2.52. The van der Waals surface area contributed by atoms with Gasteiger partial charge in [0, 0.05) is 0 Å². The molecular formula is C27H38O4Si. The van der Waals surface area contributed by atoms with Gasteiger partial charge in [-0.1, -0.05) is 108 Å². The summed E-state index contributed by atoms with van der Waals surface area (Å²) < 4.78 is 17.9. The van der Waals surface area contributed by atoms with E-state index in [4.69, 9.17) is 13.9 Å². The Morgan fingerprint density at radius 3 is 1.94 bits per heavy atom. The molecule has 4 nitrogen and oxygen atoms in total. The first-order chi connectivity index (χ1) is 15.3. The van der Waals surface area contributed by atoms with Crippen molar-refractivity contribution in [2.45, 2.75) is 71.1 Å². The Hall–Kier alpha value is -2.37. The molecular weight excluding hydrogens is 416 g/mol. The lowest BCUT2D eigenvalue weighted by molar-refractivity contribution is -0.00728. The molecule has 174 valence electrons. The molecule has 1 unspecified atom stereocenters. The molecule has 32 heavy (non-hydrogen) atoms. The van der Waals surface area contributed by atoms with E-state index in [1.807, 2.05) is 12.1 Å². The smallest absolute Gasteiger partial charge is 0.435 e. The van der Waals surface area contributed by atoms with Crippen LogP contribution in [0.1, 0.15) is 53.9 Å². The Morgan fingerprint density at radius 2 is 1.53 bits per heavy atom. The molecule has 0 heterocycles. The maximum atomic E-state index is 12.2. The van der Waals surface area contributed by atoms with Gasteiger partial charge in [-0.25, -0.2) is 4.79 Å². The predicted octanol–water partition coefficient (Wildman–Crippen LogP) is 5.85. The van der Waals surface area contributed by atoms with Crippen LogP contribution in [0.25, 0.3) is 0 Å². The summed E-state index contributed by atoms with van der Waals surface area (Å²) in [6, 6.07) is 21.0. The van der Waals surface area contributed by atoms with Gasteiger partial charge in [-0.15, -0.1) is 0 Å². The van der Waals surface area contributed by atoms with Gasteiger partial charge >= 0.3 is 6.16 Å². The molecule has 2 aromatic rings. The van der Waals surface area contributed by atoms with Gasteiger partial charge in [-0.2, -0.15) is 0 Å². The highest BCUT2D eigenvalue weighted by atomic mass is 28.4. The average Bonchev–Trinajstić information content (AvgIpc) is 2.78. The minimum absolute atomic E-state index is 0.171. The van der Waals surface area contributed by atoms with Crippen molar-refractivity contribution < 1.29 is 18.7 Å². The van der Waals surface area contributed by atoms with Gasteiger partial charge < -0.3 is 13.9 Å². The number of ether oxygens (including phenoxy) is 2. The quantitative estimate of drug-likeness (QED) is 0.243. The van der Waals surface area contributed by atoms with Gasteiger partial charge in [0.15, 0.2) is 0 Å². The van der Waals surface area contributed by atoms with Crippen molar-refractivity contribution in [2.24, 2.45) is 0 Å². The summed E-state index contributed by atoms with van der Waals surface area (Å²) in [7, 11) is -2.79. The van der Waals surface area contributed by atoms with Gasteiger partial charge in [0.05, 0.1) is 12.7 Å². The third-order valence-corrected chi connectivity index (χ3v) is 10.7. The van der Waals surface area contributed by atoms with E-state index in [0.29, 0.717) is 0 Å². The summed E-state index contributed by atoms with van der Waals surface area (Å²) in [5.41, 5.74) is 0. The number of hydrogen-bond acceptors (Lipinski definition) is 4. The minimum Gasteiger partial charge on any atom is -0.435 e. The normalized spacial score (nSPS) is 13.8. The first kappa shape index (κ1) is 25.9. The van der Waals surface area contributed by atoms with Crippen LogP contribution in [0.4, 0.5) is 4.79 Å². The maximum absolute atomic E-state index is 12.2. The lowest BCUT2D eigenvalue weighted by atomic mass is 10.1. The fraction of sp³-hybridized carbons (Fsp3) is 0.444. The molecule has 2 rings (SSSR count). The summed E-state index contributed by atoms with van der Waals surface area (Å²) >= 11 is 0. The van der Waals surface area contributed by atoms with E-state index in [1.54, 1.807) is 13.0 Å². The molecule has 5 heteroatoms. The van der Waals surface area contributed by atoms with E-state index in [1.165, 1.54) is 10.4 Å². The van der Waals surface area contributed by atoms with Gasteiger partial charge in [-0.05, 0) is 34.8 Å². The number of unbranched alkanes of at least 4 members (excludes halogenated alkanes) is 1. The molecule has 0 amide bonds. The lowest BCUT2D eigenvalue weighted by Gasteiger charge is -2.46. The first-order valence-electron chi connectivity index (χ1n) is 11.5. The second kappa shape index (κ2) is 12.0. The van der Waals surface area contributed by atoms with Crippen molar-refractivity contribution in [1.29, 1.82) is 0 Å². The van der Waals surface area contributed by atoms with E-state index in [-0.39, 0.29) is 17.7 Å². The summed E-state index contributed by atoms with van der Waals surface area (Å²) in [5.74, 6) is 0. The summed E-state index contributed by atoms with van der Waals surface area (Å²) in [6.45, 7) is 14.8. The third kappa shape index (κ3) is 6.11. The van der Waals surface area contributed by atoms with Crippen LogP contribution in [0.2, 0.25) is 5.04 Å². The maximum Gasteiger partial charge on any atom is 0.508 e. The molecule has 0 aromatic heterocycles. The summed E-state index contributed by atoms with van der Waals surface area (Å²) in [6.07, 6.45) is 2.78. The largest absolute Gasteiger partial charge is 0.508 e. The zero-order chi connectivity index (χ0) is 23.6. The first-order valence-corrected chi connectivity index (χ1v) is 13.5. The molecule has 0 aliphatic rings. The monoisotopic (exact) mass is 454 g/mol. The number of rotatable bonds is 11. The molecule has 0 saturated carbocycles. The average molecular weight is 455 g/mol. The molecule has 0 fully saturated rings. The second-order valence-electron chi connectivity index (χ2n) is 8.96. The van der Waals surface area contributed by atoms with Crippen molar-refractivity contribution in [3.63, 3.8) is 0 Å². The van der Waals surface area contributed by atoms with E-state index < -0.39 is 20.6 Å². The van der Waals surface area contributed by atoms with E-state index >= 15 is 0 Å². The van der Waals surface area contributed by atoms with Crippen molar-refractivity contribution in [3.8, 4) is 0 Å². The Bertz CT molecular complexity index is 790. The van der Waals surface area contributed by atoms with Crippen LogP contribution in [-0.4, -0.2) is 33.3 Å². The number of benzene rings is 2. The van der Waals surface area contributed by atoms with Gasteiger partial charge in [-0.3, -0.25) is 0 Å². The van der Waals surface area contributed by atoms with E-state index in [0.717, 1.165) is 19.3 Å². The topological polar surface area (TPSA) is 44.8 Å². The summed E-state index contributed by atoms with van der Waals surface area (Å²) in [4.78, 5) is 12.2. The molecule has 2 aromatic carbocycles. The number of hydrogen-bond donors (Lipinski definition) is 0. The van der Waals surface area contributed by atoms with Crippen molar-refractivity contribution >= 4 is 24.8 Å². The Balaban J connectivity index is 2.62. The van der Waals surface area contributed by atoms with Crippen LogP contribution in [0.5, 0.6) is 0 Å². The SMILES string of the molecule is C=CC(OC(=O)OCC)[C@H](CCCC)O[Si](c1ccccc1)(c1ccccc1)C(C)(C)C. The van der Waals surface area contributed by atoms with Crippen LogP contribution in [0.15, 0.2) is 73.3 Å². The highest BCUT2D eigenvalue weighted by Crippen LogP contribution is 2.38. The lowest BCUT2D eigenvalue weighted by Crippen LogP contribution is -2.68. The van der Waals surface area contributed by atoms with Crippen molar-refractivity contribution in [2.75, 3.05) is 6.61 Å². The minimum atomic E-state index is -2.79. The Labute approximate surface area is 194 Å². The molecule has 2 atom stereocenters. The fourth-order valence-corrected chi connectivity index (χ4v) is 8.87. The van der Waals surface area contributed by atoms with Crippen molar-refractivity contribution in [1.82, 2.24) is 0 Å². The van der Waals surface area contributed by atoms with Crippen LogP contribution >= 0.6 is 0 Å². The molecule has 0 bridgehead atoms. The van der Waals surface area contributed by atoms with Gasteiger partial charge in [0.1, 0.15) is 6.10 Å².